The van der Waals surface area contributed by atoms with Crippen LogP contribution in [0.3, 0.4) is 0 Å². The summed E-state index contributed by atoms with van der Waals surface area (Å²) in [7, 11) is 0. The highest BCUT2D eigenvalue weighted by Crippen LogP contribution is 2.25. The van der Waals surface area contributed by atoms with Crippen LogP contribution in [0.1, 0.15) is 33.6 Å². The molecule has 0 radical (unpaired) electrons. The van der Waals surface area contributed by atoms with Gasteiger partial charge < -0.3 is 9.64 Å². The molecule has 0 saturated carbocycles. The van der Waals surface area contributed by atoms with E-state index in [1.54, 1.807) is 20.8 Å². The fourth-order valence-electron chi connectivity index (χ4n) is 1.68. The fourth-order valence-corrected chi connectivity index (χ4v) is 1.68. The minimum atomic E-state index is -4.27. The largest absolute Gasteiger partial charge is 0.444 e. The highest BCUT2D eigenvalue weighted by Gasteiger charge is 2.28. The molecule has 0 N–H and O–H groups in total. The topological polar surface area (TPSA) is 29.5 Å². The van der Waals surface area contributed by atoms with Gasteiger partial charge in [-0.15, -0.1) is 0 Å². The maximum Gasteiger partial charge on any atom is 0.410 e. The smallest absolute Gasteiger partial charge is 0.410 e. The maximum atomic E-state index is 12.1. The lowest BCUT2D eigenvalue weighted by atomic mass is 10.0. The van der Waals surface area contributed by atoms with Gasteiger partial charge in [0, 0.05) is 19.2 Å². The molecule has 104 valence electrons. The Balaban J connectivity index is 2.50. The molecule has 0 aliphatic carbocycles. The second-order valence-electron chi connectivity index (χ2n) is 5.31. The van der Waals surface area contributed by atoms with E-state index in [1.807, 2.05) is 0 Å². The zero-order valence-electron chi connectivity index (χ0n) is 10.8. The number of likely N-dealkylation sites (tertiary alicyclic amines) is 1. The van der Waals surface area contributed by atoms with Crippen LogP contribution in [0.2, 0.25) is 0 Å². The van der Waals surface area contributed by atoms with E-state index in [0.717, 1.165) is 0 Å². The number of hydrogen-bond donors (Lipinski definition) is 0. The number of carbonyl (C=O) groups excluding carboxylic acids is 1. The first-order chi connectivity index (χ1) is 8.07. The van der Waals surface area contributed by atoms with Gasteiger partial charge in [0.1, 0.15) is 5.60 Å². The van der Waals surface area contributed by atoms with Crippen molar-refractivity contribution in [2.24, 2.45) is 0 Å². The Hall–Kier alpha value is -1.20. The van der Waals surface area contributed by atoms with Crippen LogP contribution in [0.15, 0.2) is 11.6 Å². The van der Waals surface area contributed by atoms with Crippen LogP contribution in [0.25, 0.3) is 0 Å². The van der Waals surface area contributed by atoms with Gasteiger partial charge in [-0.3, -0.25) is 0 Å². The Kier molecular flexibility index (Phi) is 4.29. The first-order valence-electron chi connectivity index (χ1n) is 5.82. The highest BCUT2D eigenvalue weighted by molar-refractivity contribution is 5.68. The predicted octanol–water partition coefficient (Wildman–Crippen LogP) is 3.51. The molecule has 0 unspecified atom stereocenters. The van der Waals surface area contributed by atoms with Crippen molar-refractivity contribution in [3.63, 3.8) is 0 Å². The molecule has 6 heteroatoms. The summed E-state index contributed by atoms with van der Waals surface area (Å²) in [6.45, 7) is 5.81. The molecule has 0 atom stereocenters. The lowest BCUT2D eigenvalue weighted by Crippen LogP contribution is -2.40. The molecule has 1 aliphatic heterocycles. The van der Waals surface area contributed by atoms with Crippen molar-refractivity contribution in [3.05, 3.63) is 11.6 Å². The fraction of sp³-hybridized carbons (Fsp3) is 0.750. The van der Waals surface area contributed by atoms with Crippen molar-refractivity contribution in [1.82, 2.24) is 4.90 Å². The number of alkyl halides is 3. The molecule has 3 nitrogen and oxygen atoms in total. The molecule has 18 heavy (non-hydrogen) atoms. The van der Waals surface area contributed by atoms with Gasteiger partial charge in [0.2, 0.25) is 0 Å². The number of carbonyl (C=O) groups is 1. The minimum Gasteiger partial charge on any atom is -0.444 e. The number of ether oxygens (including phenoxy) is 1. The Morgan fingerprint density at radius 3 is 2.11 bits per heavy atom. The van der Waals surface area contributed by atoms with Crippen molar-refractivity contribution in [3.8, 4) is 0 Å². The highest BCUT2D eigenvalue weighted by atomic mass is 19.4. The third-order valence-corrected chi connectivity index (χ3v) is 2.43. The van der Waals surface area contributed by atoms with Gasteiger partial charge in [-0.25, -0.2) is 4.79 Å². The zero-order chi connectivity index (χ0) is 14.0. The number of halogens is 3. The first kappa shape index (κ1) is 14.9. The normalized spacial score (nSPS) is 17.7. The van der Waals surface area contributed by atoms with Crippen molar-refractivity contribution >= 4 is 6.09 Å². The number of amides is 1. The average molecular weight is 265 g/mol. The number of hydrogen-bond acceptors (Lipinski definition) is 2. The Morgan fingerprint density at radius 2 is 1.72 bits per heavy atom. The van der Waals surface area contributed by atoms with Crippen LogP contribution in [-0.4, -0.2) is 35.9 Å². The van der Waals surface area contributed by atoms with Crippen LogP contribution < -0.4 is 0 Å². The van der Waals surface area contributed by atoms with Crippen LogP contribution in [0.4, 0.5) is 18.0 Å². The van der Waals surface area contributed by atoms with E-state index in [-0.39, 0.29) is 25.9 Å². The second-order valence-corrected chi connectivity index (χ2v) is 5.31. The summed E-state index contributed by atoms with van der Waals surface area (Å²) < 4.78 is 41.6. The van der Waals surface area contributed by atoms with Crippen molar-refractivity contribution < 1.29 is 22.7 Å². The molecule has 0 spiro atoms. The van der Waals surface area contributed by atoms with Crippen molar-refractivity contribution in [1.29, 1.82) is 0 Å². The number of nitrogens with zero attached hydrogens (tertiary/aromatic N) is 1. The molecule has 1 heterocycles. The van der Waals surface area contributed by atoms with Gasteiger partial charge in [-0.1, -0.05) is 5.57 Å². The molecule has 0 bridgehead atoms. The first-order valence-corrected chi connectivity index (χ1v) is 5.82. The second kappa shape index (κ2) is 5.20. The molecule has 1 saturated heterocycles. The molecule has 1 amide bonds. The third-order valence-electron chi connectivity index (χ3n) is 2.43. The van der Waals surface area contributed by atoms with E-state index < -0.39 is 17.9 Å². The lowest BCUT2D eigenvalue weighted by molar-refractivity contribution is -0.0809. The molecule has 0 aromatic carbocycles. The molecule has 1 aliphatic rings. The monoisotopic (exact) mass is 265 g/mol. The molecular weight excluding hydrogens is 247 g/mol. The van der Waals surface area contributed by atoms with Gasteiger partial charge in [0.15, 0.2) is 0 Å². The lowest BCUT2D eigenvalue weighted by Gasteiger charge is -2.31. The number of allylic oxidation sites excluding steroid dienone is 1. The Labute approximate surface area is 105 Å². The summed E-state index contributed by atoms with van der Waals surface area (Å²) in [5.74, 6) is 0. The SMILES string of the molecule is CC(C)(C)OC(=O)N1CCC(=CC(F)(F)F)CC1. The minimum absolute atomic E-state index is 0.249. The average Bonchev–Trinajstić information content (AvgIpc) is 2.13. The molecular formula is C12H18F3NO2. The third kappa shape index (κ3) is 5.42. The van der Waals surface area contributed by atoms with Gasteiger partial charge in [-0.05, 0) is 33.6 Å². The van der Waals surface area contributed by atoms with Gasteiger partial charge in [0.05, 0.1) is 0 Å². The summed E-state index contributed by atoms with van der Waals surface area (Å²) in [6.07, 6.45) is -3.91. The van der Waals surface area contributed by atoms with Crippen molar-refractivity contribution in [2.45, 2.75) is 45.4 Å². The van der Waals surface area contributed by atoms with Crippen LogP contribution in [-0.2, 0) is 4.74 Å². The Bertz CT molecular complexity index is 332. The number of piperidine rings is 1. The maximum absolute atomic E-state index is 12.1. The number of rotatable bonds is 0. The van der Waals surface area contributed by atoms with E-state index in [2.05, 4.69) is 0 Å². The standard InChI is InChI=1S/C12H18F3NO2/c1-11(2,3)18-10(17)16-6-4-9(5-7-16)8-12(13,14)15/h8H,4-7H2,1-3H3. The Morgan fingerprint density at radius 1 is 1.22 bits per heavy atom. The van der Waals surface area contributed by atoms with E-state index in [4.69, 9.17) is 4.74 Å². The van der Waals surface area contributed by atoms with E-state index in [9.17, 15) is 18.0 Å². The predicted molar refractivity (Wildman–Crippen MR) is 61.2 cm³/mol. The summed E-state index contributed by atoms with van der Waals surface area (Å²) in [4.78, 5) is 13.1. The van der Waals surface area contributed by atoms with Gasteiger partial charge in [0.25, 0.3) is 0 Å². The quantitative estimate of drug-likeness (QED) is 0.627. The van der Waals surface area contributed by atoms with E-state index in [1.165, 1.54) is 4.90 Å². The molecule has 0 aromatic heterocycles. The molecule has 0 aromatic rings. The summed E-state index contributed by atoms with van der Waals surface area (Å²) in [6, 6.07) is 0. The summed E-state index contributed by atoms with van der Waals surface area (Å²) in [5.41, 5.74) is -0.249. The van der Waals surface area contributed by atoms with Crippen molar-refractivity contribution in [2.75, 3.05) is 13.1 Å². The van der Waals surface area contributed by atoms with Crippen LogP contribution in [0.5, 0.6) is 0 Å². The zero-order valence-corrected chi connectivity index (χ0v) is 10.8. The van der Waals surface area contributed by atoms with Gasteiger partial charge >= 0.3 is 12.3 Å². The van der Waals surface area contributed by atoms with E-state index >= 15 is 0 Å². The summed E-state index contributed by atoms with van der Waals surface area (Å²) >= 11 is 0. The summed E-state index contributed by atoms with van der Waals surface area (Å²) in [5, 5.41) is 0. The van der Waals surface area contributed by atoms with Crippen LogP contribution >= 0.6 is 0 Å². The molecule has 1 fully saturated rings. The van der Waals surface area contributed by atoms with Crippen LogP contribution in [0, 0.1) is 0 Å². The van der Waals surface area contributed by atoms with Gasteiger partial charge in [-0.2, -0.15) is 13.2 Å². The van der Waals surface area contributed by atoms with E-state index in [0.29, 0.717) is 11.6 Å². The molecule has 1 rings (SSSR count).